The van der Waals surface area contributed by atoms with Crippen molar-refractivity contribution in [3.63, 3.8) is 0 Å². The van der Waals surface area contributed by atoms with Crippen LogP contribution in [0.15, 0.2) is 0 Å². The molecule has 0 saturated carbocycles. The van der Waals surface area contributed by atoms with E-state index in [9.17, 15) is 14.7 Å². The van der Waals surface area contributed by atoms with E-state index in [1.165, 1.54) is 51.4 Å². The Morgan fingerprint density at radius 1 is 0.846 bits per heavy atom. The topological polar surface area (TPSA) is 66.8 Å². The zero-order valence-corrected chi connectivity index (χ0v) is 17.5. The van der Waals surface area contributed by atoms with Gasteiger partial charge in [0, 0.05) is 0 Å². The van der Waals surface area contributed by atoms with Crippen molar-refractivity contribution >= 4 is 11.9 Å². The summed E-state index contributed by atoms with van der Waals surface area (Å²) in [5.41, 5.74) is -1.20. The summed E-state index contributed by atoms with van der Waals surface area (Å²) >= 11 is 0. The maximum absolute atomic E-state index is 12.0. The van der Waals surface area contributed by atoms with Crippen LogP contribution in [-0.4, -0.2) is 47.2 Å². The quantitative estimate of drug-likeness (QED) is 0.287. The van der Waals surface area contributed by atoms with Gasteiger partial charge in [0.25, 0.3) is 0 Å². The smallest absolute Gasteiger partial charge is 0.324 e. The van der Waals surface area contributed by atoms with Gasteiger partial charge in [-0.15, -0.1) is 0 Å². The van der Waals surface area contributed by atoms with Crippen LogP contribution < -0.4 is 0 Å². The average molecular weight is 372 g/mol. The van der Waals surface area contributed by atoms with Crippen LogP contribution in [0, 0.1) is 0 Å². The third-order valence-electron chi connectivity index (χ3n) is 5.17. The Morgan fingerprint density at radius 2 is 1.31 bits per heavy atom. The number of unbranched alkanes of at least 4 members (excludes halogenated alkanes) is 9. The van der Waals surface area contributed by atoms with Crippen LogP contribution in [0.4, 0.5) is 0 Å². The second-order valence-corrected chi connectivity index (χ2v) is 7.33. The van der Waals surface area contributed by atoms with Crippen molar-refractivity contribution in [3.05, 3.63) is 0 Å². The van der Waals surface area contributed by atoms with E-state index in [-0.39, 0.29) is 6.42 Å². The SMILES string of the molecule is CCCCCCCCCCCCOC(=O)CC(C)(C(=O)O)N(CC)CC. The van der Waals surface area contributed by atoms with E-state index in [1.54, 1.807) is 11.8 Å². The van der Waals surface area contributed by atoms with E-state index in [0.29, 0.717) is 19.7 Å². The third-order valence-corrected chi connectivity index (χ3v) is 5.17. The lowest BCUT2D eigenvalue weighted by atomic mass is 9.95. The molecule has 0 aliphatic rings. The first-order valence-corrected chi connectivity index (χ1v) is 10.6. The molecule has 5 heteroatoms. The number of nitrogens with zero attached hydrogens (tertiary/aromatic N) is 1. The Balaban J connectivity index is 3.86. The van der Waals surface area contributed by atoms with Crippen molar-refractivity contribution in [2.45, 2.75) is 104 Å². The van der Waals surface area contributed by atoms with Gasteiger partial charge in [0.15, 0.2) is 0 Å². The molecule has 1 N–H and O–H groups in total. The lowest BCUT2D eigenvalue weighted by Gasteiger charge is -2.35. The highest BCUT2D eigenvalue weighted by molar-refractivity contribution is 5.85. The molecule has 0 aliphatic carbocycles. The molecule has 26 heavy (non-hydrogen) atoms. The lowest BCUT2D eigenvalue weighted by Crippen LogP contribution is -2.53. The van der Waals surface area contributed by atoms with E-state index in [4.69, 9.17) is 4.74 Å². The summed E-state index contributed by atoms with van der Waals surface area (Å²) in [6.45, 7) is 9.21. The molecule has 0 spiro atoms. The number of ether oxygens (including phenoxy) is 1. The summed E-state index contributed by atoms with van der Waals surface area (Å²) in [6, 6.07) is 0. The van der Waals surface area contributed by atoms with Crippen LogP contribution in [0.2, 0.25) is 0 Å². The summed E-state index contributed by atoms with van der Waals surface area (Å²) in [7, 11) is 0. The van der Waals surface area contributed by atoms with E-state index in [1.807, 2.05) is 13.8 Å². The highest BCUT2D eigenvalue weighted by atomic mass is 16.5. The summed E-state index contributed by atoms with van der Waals surface area (Å²) < 4.78 is 5.27. The fourth-order valence-electron chi connectivity index (χ4n) is 3.35. The van der Waals surface area contributed by atoms with Crippen molar-refractivity contribution in [1.29, 1.82) is 0 Å². The third kappa shape index (κ3) is 10.1. The number of aliphatic carboxylic acids is 1. The molecule has 0 aromatic carbocycles. The van der Waals surface area contributed by atoms with E-state index in [0.717, 1.165) is 12.8 Å². The predicted octanol–water partition coefficient (Wildman–Crippen LogP) is 5.03. The summed E-state index contributed by atoms with van der Waals surface area (Å²) in [4.78, 5) is 25.5. The van der Waals surface area contributed by atoms with Gasteiger partial charge in [0.2, 0.25) is 0 Å². The molecule has 0 amide bonds. The standard InChI is InChI=1S/C21H41NO4/c1-5-8-9-10-11-12-13-14-15-16-17-26-19(23)18-21(4,20(24)25)22(6-2)7-3/h5-18H2,1-4H3,(H,24,25). The number of esters is 1. The second kappa shape index (κ2) is 15.0. The minimum Gasteiger partial charge on any atom is -0.480 e. The first-order chi connectivity index (χ1) is 12.4. The van der Waals surface area contributed by atoms with E-state index in [2.05, 4.69) is 6.92 Å². The van der Waals surface area contributed by atoms with Crippen molar-refractivity contribution in [2.24, 2.45) is 0 Å². The van der Waals surface area contributed by atoms with Gasteiger partial charge in [-0.1, -0.05) is 78.6 Å². The zero-order valence-electron chi connectivity index (χ0n) is 17.5. The van der Waals surface area contributed by atoms with Crippen LogP contribution in [-0.2, 0) is 14.3 Å². The minimum atomic E-state index is -1.20. The lowest BCUT2D eigenvalue weighted by molar-refractivity contribution is -0.159. The fourth-order valence-corrected chi connectivity index (χ4v) is 3.35. The Bertz CT molecular complexity index is 382. The number of hydrogen-bond donors (Lipinski definition) is 1. The average Bonchev–Trinajstić information content (AvgIpc) is 2.60. The van der Waals surface area contributed by atoms with Gasteiger partial charge >= 0.3 is 11.9 Å². The number of hydrogen-bond acceptors (Lipinski definition) is 4. The molecular formula is C21H41NO4. The second-order valence-electron chi connectivity index (χ2n) is 7.33. The fraction of sp³-hybridized carbons (Fsp3) is 0.905. The molecule has 0 fully saturated rings. The van der Waals surface area contributed by atoms with Crippen LogP contribution in [0.25, 0.3) is 0 Å². The zero-order chi connectivity index (χ0) is 19.8. The molecule has 1 atom stereocenters. The molecular weight excluding hydrogens is 330 g/mol. The molecule has 154 valence electrons. The summed E-state index contributed by atoms with van der Waals surface area (Å²) in [6.07, 6.45) is 12.2. The Kier molecular flexibility index (Phi) is 14.4. The molecule has 1 unspecified atom stereocenters. The maximum Gasteiger partial charge on any atom is 0.324 e. The first-order valence-electron chi connectivity index (χ1n) is 10.6. The van der Waals surface area contributed by atoms with Crippen molar-refractivity contribution in [1.82, 2.24) is 4.90 Å². The molecule has 0 aliphatic heterocycles. The predicted molar refractivity (Wildman–Crippen MR) is 106 cm³/mol. The molecule has 0 aromatic heterocycles. The van der Waals surface area contributed by atoms with Crippen molar-refractivity contribution < 1.29 is 19.4 Å². The number of rotatable bonds is 17. The van der Waals surface area contributed by atoms with Crippen LogP contribution >= 0.6 is 0 Å². The van der Waals surface area contributed by atoms with Gasteiger partial charge in [-0.25, -0.2) is 0 Å². The molecule has 5 nitrogen and oxygen atoms in total. The van der Waals surface area contributed by atoms with Crippen molar-refractivity contribution in [2.75, 3.05) is 19.7 Å². The molecule has 0 radical (unpaired) electrons. The molecule has 0 heterocycles. The number of carboxylic acids is 1. The molecule has 0 bridgehead atoms. The summed E-state index contributed by atoms with van der Waals surface area (Å²) in [5.74, 6) is -1.39. The number of carbonyl (C=O) groups excluding carboxylic acids is 1. The van der Waals surface area contributed by atoms with Gasteiger partial charge < -0.3 is 9.84 Å². The highest BCUT2D eigenvalue weighted by Crippen LogP contribution is 2.21. The monoisotopic (exact) mass is 371 g/mol. The van der Waals surface area contributed by atoms with Gasteiger partial charge in [-0.05, 0) is 26.4 Å². The molecule has 0 aromatic rings. The Labute approximate surface area is 160 Å². The number of likely N-dealkylation sites (N-methyl/N-ethyl adjacent to an activating group) is 1. The van der Waals surface area contributed by atoms with Crippen LogP contribution in [0.3, 0.4) is 0 Å². The first kappa shape index (κ1) is 24.9. The van der Waals surface area contributed by atoms with Gasteiger partial charge in [-0.3, -0.25) is 14.5 Å². The Hall–Kier alpha value is -1.10. The van der Waals surface area contributed by atoms with Crippen molar-refractivity contribution in [3.8, 4) is 0 Å². The highest BCUT2D eigenvalue weighted by Gasteiger charge is 2.40. The summed E-state index contributed by atoms with van der Waals surface area (Å²) in [5, 5.41) is 9.52. The van der Waals surface area contributed by atoms with E-state index < -0.39 is 17.5 Å². The van der Waals surface area contributed by atoms with Crippen LogP contribution in [0.5, 0.6) is 0 Å². The molecule has 0 rings (SSSR count). The number of carbonyl (C=O) groups is 2. The maximum atomic E-state index is 12.0. The minimum absolute atomic E-state index is 0.109. The van der Waals surface area contributed by atoms with Gasteiger partial charge in [-0.2, -0.15) is 0 Å². The molecule has 0 saturated heterocycles. The number of carboxylic acid groups (broad SMARTS) is 1. The van der Waals surface area contributed by atoms with Gasteiger partial charge in [0.05, 0.1) is 13.0 Å². The van der Waals surface area contributed by atoms with Crippen LogP contribution in [0.1, 0.15) is 98.3 Å². The largest absolute Gasteiger partial charge is 0.480 e. The Morgan fingerprint density at radius 3 is 1.73 bits per heavy atom. The van der Waals surface area contributed by atoms with E-state index >= 15 is 0 Å². The van der Waals surface area contributed by atoms with Gasteiger partial charge in [0.1, 0.15) is 5.54 Å². The normalized spacial score (nSPS) is 13.6.